The molecule has 17 heavy (non-hydrogen) atoms. The first-order valence-electron chi connectivity index (χ1n) is 6.26. The van der Waals surface area contributed by atoms with Gasteiger partial charge in [-0.25, -0.2) is 0 Å². The van der Waals surface area contributed by atoms with Crippen molar-refractivity contribution < 1.29 is 4.79 Å². The lowest BCUT2D eigenvalue weighted by atomic mass is 9.91. The third-order valence-corrected chi connectivity index (χ3v) is 3.72. The van der Waals surface area contributed by atoms with Crippen molar-refractivity contribution in [3.63, 3.8) is 0 Å². The summed E-state index contributed by atoms with van der Waals surface area (Å²) in [4.78, 5) is 11.9. The number of carbonyl (C=O) groups excluding carboxylic acids is 1. The summed E-state index contributed by atoms with van der Waals surface area (Å²) >= 11 is 0. The summed E-state index contributed by atoms with van der Waals surface area (Å²) in [7, 11) is 0. The average Bonchev–Trinajstić information content (AvgIpc) is 3.19. The predicted octanol–water partition coefficient (Wildman–Crippen LogP) is 0.269. The van der Waals surface area contributed by atoms with Crippen LogP contribution in [0.15, 0.2) is 18.5 Å². The van der Waals surface area contributed by atoms with Gasteiger partial charge in [0.15, 0.2) is 0 Å². The van der Waals surface area contributed by atoms with Crippen LogP contribution in [0, 0.1) is 5.92 Å². The molecule has 2 aliphatic carbocycles. The molecule has 0 saturated heterocycles. The summed E-state index contributed by atoms with van der Waals surface area (Å²) in [6.07, 6.45) is 8.10. The minimum Gasteiger partial charge on any atom is -0.368 e. The predicted molar refractivity (Wildman–Crippen MR) is 63.0 cm³/mol. The maximum atomic E-state index is 11.9. The van der Waals surface area contributed by atoms with E-state index in [4.69, 9.17) is 5.73 Å². The van der Waals surface area contributed by atoms with Crippen LogP contribution in [0.3, 0.4) is 0 Å². The average molecular weight is 234 g/mol. The Kier molecular flexibility index (Phi) is 2.43. The Bertz CT molecular complexity index is 408. The SMILES string of the molecule is NC(=O)C(Cn1cccn1)(NC1CC1)C1CC1. The molecule has 1 aromatic rings. The molecule has 2 fully saturated rings. The van der Waals surface area contributed by atoms with Gasteiger partial charge in [0, 0.05) is 18.4 Å². The van der Waals surface area contributed by atoms with Gasteiger partial charge in [0.05, 0.1) is 6.54 Å². The third-order valence-electron chi connectivity index (χ3n) is 3.72. The van der Waals surface area contributed by atoms with E-state index in [9.17, 15) is 4.79 Å². The van der Waals surface area contributed by atoms with Gasteiger partial charge in [0.25, 0.3) is 0 Å². The van der Waals surface area contributed by atoms with E-state index in [-0.39, 0.29) is 5.91 Å². The van der Waals surface area contributed by atoms with Gasteiger partial charge < -0.3 is 5.73 Å². The van der Waals surface area contributed by atoms with Gasteiger partial charge in [-0.2, -0.15) is 5.10 Å². The summed E-state index contributed by atoms with van der Waals surface area (Å²) in [5, 5.41) is 7.66. The summed E-state index contributed by atoms with van der Waals surface area (Å²) < 4.78 is 1.80. The molecule has 2 aliphatic rings. The van der Waals surface area contributed by atoms with E-state index in [1.807, 2.05) is 12.3 Å². The van der Waals surface area contributed by atoms with Crippen LogP contribution in [0.5, 0.6) is 0 Å². The van der Waals surface area contributed by atoms with Crippen molar-refractivity contribution in [1.82, 2.24) is 15.1 Å². The van der Waals surface area contributed by atoms with E-state index in [1.54, 1.807) is 10.9 Å². The van der Waals surface area contributed by atoms with E-state index in [1.165, 1.54) is 0 Å². The molecule has 0 radical (unpaired) electrons. The molecular formula is C12H18N4O. The van der Waals surface area contributed by atoms with Gasteiger partial charge in [-0.3, -0.25) is 14.8 Å². The highest BCUT2D eigenvalue weighted by atomic mass is 16.1. The first-order chi connectivity index (χ1) is 8.21. The van der Waals surface area contributed by atoms with Crippen molar-refractivity contribution >= 4 is 5.91 Å². The zero-order chi connectivity index (χ0) is 11.9. The number of hydrogen-bond acceptors (Lipinski definition) is 3. The van der Waals surface area contributed by atoms with Gasteiger partial charge in [-0.1, -0.05) is 0 Å². The van der Waals surface area contributed by atoms with Crippen molar-refractivity contribution in [2.24, 2.45) is 11.7 Å². The Balaban J connectivity index is 1.84. The molecule has 92 valence electrons. The lowest BCUT2D eigenvalue weighted by Gasteiger charge is -2.32. The molecule has 0 aliphatic heterocycles. The zero-order valence-electron chi connectivity index (χ0n) is 9.80. The summed E-state index contributed by atoms with van der Waals surface area (Å²) in [6.45, 7) is 0.552. The molecule has 3 N–H and O–H groups in total. The second kappa shape index (κ2) is 3.84. The van der Waals surface area contributed by atoms with Crippen LogP contribution in [0.4, 0.5) is 0 Å². The molecular weight excluding hydrogens is 216 g/mol. The van der Waals surface area contributed by atoms with Crippen LogP contribution in [0.25, 0.3) is 0 Å². The number of hydrogen-bond donors (Lipinski definition) is 2. The number of primary amides is 1. The van der Waals surface area contributed by atoms with Crippen molar-refractivity contribution in [2.75, 3.05) is 0 Å². The highest BCUT2D eigenvalue weighted by Gasteiger charge is 2.52. The van der Waals surface area contributed by atoms with E-state index in [0.29, 0.717) is 18.5 Å². The minimum atomic E-state index is -0.590. The van der Waals surface area contributed by atoms with Gasteiger partial charge >= 0.3 is 0 Å². The highest BCUT2D eigenvalue weighted by molar-refractivity contribution is 5.85. The molecule has 0 spiro atoms. The van der Waals surface area contributed by atoms with Gasteiger partial charge in [0.1, 0.15) is 5.54 Å². The molecule has 2 saturated carbocycles. The van der Waals surface area contributed by atoms with Crippen molar-refractivity contribution in [3.8, 4) is 0 Å². The van der Waals surface area contributed by atoms with Crippen LogP contribution in [-0.2, 0) is 11.3 Å². The molecule has 1 amide bonds. The quantitative estimate of drug-likeness (QED) is 0.742. The van der Waals surface area contributed by atoms with Crippen LogP contribution in [-0.4, -0.2) is 27.3 Å². The summed E-state index contributed by atoms with van der Waals surface area (Å²) in [6, 6.07) is 2.34. The zero-order valence-corrected chi connectivity index (χ0v) is 9.80. The Morgan fingerprint density at radius 3 is 2.71 bits per heavy atom. The lowest BCUT2D eigenvalue weighted by Crippen LogP contribution is -2.60. The molecule has 0 aromatic carbocycles. The summed E-state index contributed by atoms with van der Waals surface area (Å²) in [5.74, 6) is 0.146. The van der Waals surface area contributed by atoms with Gasteiger partial charge in [-0.15, -0.1) is 0 Å². The number of rotatable bonds is 6. The van der Waals surface area contributed by atoms with Crippen molar-refractivity contribution in [1.29, 1.82) is 0 Å². The fraction of sp³-hybridized carbons (Fsp3) is 0.667. The maximum absolute atomic E-state index is 11.9. The van der Waals surface area contributed by atoms with Gasteiger partial charge in [0.2, 0.25) is 5.91 Å². The molecule has 1 atom stereocenters. The highest BCUT2D eigenvalue weighted by Crippen LogP contribution is 2.42. The molecule has 5 nitrogen and oxygen atoms in total. The number of nitrogens with zero attached hydrogens (tertiary/aromatic N) is 2. The van der Waals surface area contributed by atoms with Crippen LogP contribution < -0.4 is 11.1 Å². The Labute approximate surface area is 100 Å². The topological polar surface area (TPSA) is 72.9 Å². The van der Waals surface area contributed by atoms with Crippen LogP contribution in [0.1, 0.15) is 25.7 Å². The third kappa shape index (κ3) is 2.07. The Hall–Kier alpha value is -1.36. The molecule has 5 heteroatoms. The maximum Gasteiger partial charge on any atom is 0.239 e. The first-order valence-corrected chi connectivity index (χ1v) is 6.26. The largest absolute Gasteiger partial charge is 0.368 e. The van der Waals surface area contributed by atoms with Gasteiger partial charge in [-0.05, 0) is 37.7 Å². The number of aromatic nitrogens is 2. The van der Waals surface area contributed by atoms with Crippen molar-refractivity contribution in [3.05, 3.63) is 18.5 Å². The molecule has 1 unspecified atom stereocenters. The minimum absolute atomic E-state index is 0.234. The molecule has 1 aromatic heterocycles. The van der Waals surface area contributed by atoms with E-state index in [2.05, 4.69) is 10.4 Å². The Morgan fingerprint density at radius 1 is 1.47 bits per heavy atom. The van der Waals surface area contributed by atoms with Crippen LogP contribution in [0.2, 0.25) is 0 Å². The summed E-state index contributed by atoms with van der Waals surface area (Å²) in [5.41, 5.74) is 5.07. The van der Waals surface area contributed by atoms with E-state index >= 15 is 0 Å². The fourth-order valence-electron chi connectivity index (χ4n) is 2.46. The van der Waals surface area contributed by atoms with Crippen molar-refractivity contribution in [2.45, 2.75) is 43.8 Å². The lowest BCUT2D eigenvalue weighted by molar-refractivity contribution is -0.126. The number of nitrogens with two attached hydrogens (primary N) is 1. The molecule has 1 heterocycles. The van der Waals surface area contributed by atoms with E-state index in [0.717, 1.165) is 25.7 Å². The first kappa shape index (κ1) is 10.8. The molecule has 3 rings (SSSR count). The second-order valence-corrected chi connectivity index (χ2v) is 5.23. The monoisotopic (exact) mass is 234 g/mol. The number of carbonyl (C=O) groups is 1. The molecule has 0 bridgehead atoms. The smallest absolute Gasteiger partial charge is 0.239 e. The Morgan fingerprint density at radius 2 is 2.24 bits per heavy atom. The number of amides is 1. The van der Waals surface area contributed by atoms with E-state index < -0.39 is 5.54 Å². The number of nitrogens with one attached hydrogen (secondary N) is 1. The second-order valence-electron chi connectivity index (χ2n) is 5.23. The van der Waals surface area contributed by atoms with Crippen LogP contribution >= 0.6 is 0 Å². The normalized spacial score (nSPS) is 23.3. The fourth-order valence-corrected chi connectivity index (χ4v) is 2.46. The standard InChI is InChI=1S/C12H18N4O/c13-11(17)12(9-2-3-9,15-10-4-5-10)8-16-7-1-6-14-16/h1,6-7,9-10,15H,2-5,8H2,(H2,13,17).